The molecule has 166 valence electrons. The number of carboxylic acid groups (broad SMARTS) is 1. The molecule has 3 aliphatic rings. The SMILES string of the molecule is COc1c(N2C[C@@H]3CC[C@@](O)(CO)[C@@H]3C2)c(F)cc2c(=O)c(C(=O)O)cn(C3CC3)c12. The highest BCUT2D eigenvalue weighted by Gasteiger charge is 2.52. The standard InChI is InChI=1S/C22H25FN2O6/c1-31-20-17-13(19(27)14(21(28)29)8-25(17)12-2-3-12)6-16(23)18(20)24-7-11-4-5-22(30,10-26)15(11)9-24/h6,8,11-12,15,26,30H,2-5,7,9-10H2,1H3,(H,28,29)/t11-,15+,22+/m0/s1. The van der Waals surface area contributed by atoms with E-state index in [-0.39, 0.29) is 41.3 Å². The number of nitrogens with zero attached hydrogens (tertiary/aromatic N) is 2. The average Bonchev–Trinajstić information content (AvgIpc) is 3.42. The van der Waals surface area contributed by atoms with Crippen LogP contribution in [0.2, 0.25) is 0 Å². The molecule has 9 heteroatoms. The Labute approximate surface area is 177 Å². The first-order chi connectivity index (χ1) is 14.8. The molecule has 2 aromatic rings. The molecule has 3 N–H and O–H groups in total. The van der Waals surface area contributed by atoms with Crippen molar-refractivity contribution >= 4 is 22.6 Å². The molecule has 1 aliphatic heterocycles. The van der Waals surface area contributed by atoms with Crippen LogP contribution >= 0.6 is 0 Å². The lowest BCUT2D eigenvalue weighted by atomic mass is 9.89. The number of methoxy groups -OCH3 is 1. The van der Waals surface area contributed by atoms with Gasteiger partial charge < -0.3 is 29.5 Å². The number of anilines is 1. The lowest BCUT2D eigenvalue weighted by Crippen LogP contribution is -2.40. The maximum Gasteiger partial charge on any atom is 0.341 e. The van der Waals surface area contributed by atoms with Crippen LogP contribution in [0.1, 0.15) is 42.1 Å². The summed E-state index contributed by atoms with van der Waals surface area (Å²) in [5, 5.41) is 29.9. The van der Waals surface area contributed by atoms with Gasteiger partial charge in [0.25, 0.3) is 0 Å². The molecule has 2 heterocycles. The van der Waals surface area contributed by atoms with Crippen molar-refractivity contribution in [2.45, 2.75) is 37.3 Å². The predicted octanol–water partition coefficient (Wildman–Crippen LogP) is 1.75. The number of hydrogen-bond donors (Lipinski definition) is 3. The Bertz CT molecular complexity index is 1140. The van der Waals surface area contributed by atoms with E-state index in [2.05, 4.69) is 0 Å². The summed E-state index contributed by atoms with van der Waals surface area (Å²) < 4.78 is 22.8. The molecular formula is C22H25FN2O6. The van der Waals surface area contributed by atoms with Gasteiger partial charge in [0.15, 0.2) is 11.6 Å². The Balaban J connectivity index is 1.70. The van der Waals surface area contributed by atoms with Crippen LogP contribution in [0, 0.1) is 17.7 Å². The van der Waals surface area contributed by atoms with Crippen molar-refractivity contribution < 1.29 is 29.2 Å². The maximum absolute atomic E-state index is 15.4. The van der Waals surface area contributed by atoms with E-state index in [0.29, 0.717) is 25.0 Å². The number of benzene rings is 1. The van der Waals surface area contributed by atoms with Gasteiger partial charge >= 0.3 is 5.97 Å². The zero-order valence-electron chi connectivity index (χ0n) is 17.2. The van der Waals surface area contributed by atoms with Gasteiger partial charge in [-0.1, -0.05) is 0 Å². The van der Waals surface area contributed by atoms with E-state index in [1.807, 2.05) is 4.90 Å². The second-order valence-corrected chi connectivity index (χ2v) is 9.02. The first-order valence-corrected chi connectivity index (χ1v) is 10.6. The number of ether oxygens (including phenoxy) is 1. The molecule has 0 amide bonds. The fraction of sp³-hybridized carbons (Fsp3) is 0.545. The van der Waals surface area contributed by atoms with Crippen molar-refractivity contribution in [2.75, 3.05) is 31.7 Å². The summed E-state index contributed by atoms with van der Waals surface area (Å²) in [5.41, 5.74) is -1.70. The number of pyridine rings is 1. The second kappa shape index (κ2) is 6.93. The average molecular weight is 432 g/mol. The van der Waals surface area contributed by atoms with Crippen molar-refractivity contribution in [1.82, 2.24) is 4.57 Å². The minimum absolute atomic E-state index is 0.0174. The Morgan fingerprint density at radius 3 is 2.68 bits per heavy atom. The third-order valence-corrected chi connectivity index (χ3v) is 7.24. The molecule has 0 bridgehead atoms. The fourth-order valence-corrected chi connectivity index (χ4v) is 5.50. The molecule has 2 saturated carbocycles. The third kappa shape index (κ3) is 2.94. The summed E-state index contributed by atoms with van der Waals surface area (Å²) >= 11 is 0. The number of hydrogen-bond acceptors (Lipinski definition) is 6. The second-order valence-electron chi connectivity index (χ2n) is 9.02. The number of aliphatic hydroxyl groups is 2. The molecule has 1 aromatic carbocycles. The van der Waals surface area contributed by atoms with Gasteiger partial charge in [0.05, 0.1) is 30.2 Å². The highest BCUT2D eigenvalue weighted by molar-refractivity contribution is 5.97. The van der Waals surface area contributed by atoms with Gasteiger partial charge in [-0.25, -0.2) is 9.18 Å². The van der Waals surface area contributed by atoms with Crippen molar-refractivity contribution in [2.24, 2.45) is 11.8 Å². The van der Waals surface area contributed by atoms with Crippen LogP contribution in [-0.2, 0) is 0 Å². The largest absolute Gasteiger partial charge is 0.492 e. The molecule has 0 radical (unpaired) electrons. The van der Waals surface area contributed by atoms with Crippen LogP contribution in [0.15, 0.2) is 17.1 Å². The first-order valence-electron chi connectivity index (χ1n) is 10.6. The predicted molar refractivity (Wildman–Crippen MR) is 110 cm³/mol. The Morgan fingerprint density at radius 2 is 2.06 bits per heavy atom. The zero-order valence-corrected chi connectivity index (χ0v) is 17.2. The highest BCUT2D eigenvalue weighted by atomic mass is 19.1. The number of rotatable bonds is 5. The van der Waals surface area contributed by atoms with Gasteiger partial charge in [-0.05, 0) is 37.7 Å². The minimum Gasteiger partial charge on any atom is -0.492 e. The van der Waals surface area contributed by atoms with E-state index in [1.54, 1.807) is 4.57 Å². The Kier molecular flexibility index (Phi) is 4.53. The summed E-state index contributed by atoms with van der Waals surface area (Å²) in [6.45, 7) is 0.534. The van der Waals surface area contributed by atoms with Gasteiger partial charge in [0.1, 0.15) is 11.3 Å². The van der Waals surface area contributed by atoms with Gasteiger partial charge in [-0.2, -0.15) is 0 Å². The van der Waals surface area contributed by atoms with Crippen molar-refractivity contribution in [3.63, 3.8) is 0 Å². The fourth-order valence-electron chi connectivity index (χ4n) is 5.50. The lowest BCUT2D eigenvalue weighted by Gasteiger charge is -2.29. The molecule has 1 saturated heterocycles. The zero-order chi connectivity index (χ0) is 22.1. The molecule has 3 fully saturated rings. The Morgan fingerprint density at radius 1 is 1.32 bits per heavy atom. The van der Waals surface area contributed by atoms with E-state index < -0.39 is 28.4 Å². The van der Waals surface area contributed by atoms with Crippen LogP contribution in [0.3, 0.4) is 0 Å². The van der Waals surface area contributed by atoms with Gasteiger partial charge in [-0.15, -0.1) is 0 Å². The van der Waals surface area contributed by atoms with Crippen molar-refractivity contribution in [3.05, 3.63) is 33.9 Å². The third-order valence-electron chi connectivity index (χ3n) is 7.24. The smallest absolute Gasteiger partial charge is 0.341 e. The molecular weight excluding hydrogens is 407 g/mol. The van der Waals surface area contributed by atoms with E-state index in [1.165, 1.54) is 13.3 Å². The van der Waals surface area contributed by atoms with E-state index in [0.717, 1.165) is 25.3 Å². The number of fused-ring (bicyclic) bond motifs is 2. The summed E-state index contributed by atoms with van der Waals surface area (Å²) in [4.78, 5) is 26.2. The quantitative estimate of drug-likeness (QED) is 0.660. The molecule has 5 rings (SSSR count). The monoisotopic (exact) mass is 432 g/mol. The number of aliphatic hydroxyl groups excluding tert-OH is 1. The van der Waals surface area contributed by atoms with E-state index in [4.69, 9.17) is 4.74 Å². The topological polar surface area (TPSA) is 112 Å². The highest BCUT2D eigenvalue weighted by Crippen LogP contribution is 2.49. The summed E-state index contributed by atoms with van der Waals surface area (Å²) in [6.07, 6.45) is 4.26. The first kappa shape index (κ1) is 20.3. The lowest BCUT2D eigenvalue weighted by molar-refractivity contribution is -0.0432. The van der Waals surface area contributed by atoms with E-state index in [9.17, 15) is 24.9 Å². The van der Waals surface area contributed by atoms with Crippen LogP contribution in [0.4, 0.5) is 10.1 Å². The van der Waals surface area contributed by atoms with Crippen LogP contribution in [0.25, 0.3) is 10.9 Å². The molecule has 8 nitrogen and oxygen atoms in total. The Hall–Kier alpha value is -2.65. The minimum atomic E-state index is -1.35. The number of carboxylic acids is 1. The van der Waals surface area contributed by atoms with E-state index >= 15 is 4.39 Å². The number of aromatic nitrogens is 1. The molecule has 2 aliphatic carbocycles. The summed E-state index contributed by atoms with van der Waals surface area (Å²) in [6, 6.07) is 1.14. The number of carbonyl (C=O) groups is 1. The van der Waals surface area contributed by atoms with Crippen LogP contribution in [0.5, 0.6) is 5.75 Å². The summed E-state index contributed by atoms with van der Waals surface area (Å²) in [5.74, 6) is -1.88. The molecule has 31 heavy (non-hydrogen) atoms. The number of halogens is 1. The van der Waals surface area contributed by atoms with Gasteiger partial charge in [0, 0.05) is 31.2 Å². The molecule has 1 aromatic heterocycles. The summed E-state index contributed by atoms with van der Waals surface area (Å²) in [7, 11) is 1.41. The van der Waals surface area contributed by atoms with Gasteiger partial charge in [0.2, 0.25) is 5.43 Å². The molecule has 0 spiro atoms. The molecule has 0 unspecified atom stereocenters. The van der Waals surface area contributed by atoms with Gasteiger partial charge in [-0.3, -0.25) is 4.79 Å². The normalized spacial score (nSPS) is 27.7. The van der Waals surface area contributed by atoms with Crippen molar-refractivity contribution in [3.8, 4) is 5.75 Å². The maximum atomic E-state index is 15.4. The van der Waals surface area contributed by atoms with Crippen LogP contribution in [-0.4, -0.2) is 58.3 Å². The van der Waals surface area contributed by atoms with Crippen LogP contribution < -0.4 is 15.1 Å². The molecule has 3 atom stereocenters. The van der Waals surface area contributed by atoms with Crippen molar-refractivity contribution in [1.29, 1.82) is 0 Å². The number of aromatic carboxylic acids is 1.